The molecule has 4 nitrogen and oxygen atoms in total. The highest BCUT2D eigenvalue weighted by Gasteiger charge is 2.11. The summed E-state index contributed by atoms with van der Waals surface area (Å²) in [6.07, 6.45) is 0. The highest BCUT2D eigenvalue weighted by Crippen LogP contribution is 2.27. The van der Waals surface area contributed by atoms with E-state index in [1.54, 1.807) is 24.3 Å². The second kappa shape index (κ2) is 6.03. The highest BCUT2D eigenvalue weighted by atomic mass is 35.5. The average Bonchev–Trinajstić information content (AvgIpc) is 2.37. The second-order valence-electron chi connectivity index (χ2n) is 4.07. The lowest BCUT2D eigenvalue weighted by Crippen LogP contribution is -2.13. The lowest BCUT2D eigenvalue weighted by Gasteiger charge is -2.11. The summed E-state index contributed by atoms with van der Waals surface area (Å²) in [7, 11) is 1.51. The van der Waals surface area contributed by atoms with Crippen LogP contribution in [0.5, 0.6) is 5.75 Å². The van der Waals surface area contributed by atoms with Crippen LogP contribution in [0.2, 0.25) is 10.0 Å². The molecule has 104 valence electrons. The third-order valence-corrected chi connectivity index (χ3v) is 3.03. The molecule has 0 fully saturated rings. The van der Waals surface area contributed by atoms with Gasteiger partial charge in [-0.1, -0.05) is 23.2 Å². The maximum atomic E-state index is 12.2. The van der Waals surface area contributed by atoms with E-state index in [2.05, 4.69) is 5.32 Å². The van der Waals surface area contributed by atoms with Gasteiger partial charge in [0.1, 0.15) is 5.75 Å². The lowest BCUT2D eigenvalue weighted by molar-refractivity contribution is 0.102. The summed E-state index contributed by atoms with van der Waals surface area (Å²) in [5.74, 6) is 0.166. The molecule has 1 amide bonds. The van der Waals surface area contributed by atoms with Gasteiger partial charge in [0, 0.05) is 21.3 Å². The fraction of sp³-hybridized carbons (Fsp3) is 0.0714. The average molecular weight is 311 g/mol. The van der Waals surface area contributed by atoms with Crippen LogP contribution in [0.1, 0.15) is 10.4 Å². The minimum absolute atomic E-state index is 0.349. The molecule has 3 N–H and O–H groups in total. The molecular formula is C14H12Cl2N2O2. The molecule has 0 heterocycles. The van der Waals surface area contributed by atoms with Crippen LogP contribution < -0.4 is 15.8 Å². The Hall–Kier alpha value is -1.91. The number of hydrogen-bond acceptors (Lipinski definition) is 3. The van der Waals surface area contributed by atoms with Crippen molar-refractivity contribution in [3.8, 4) is 5.75 Å². The lowest BCUT2D eigenvalue weighted by atomic mass is 10.2. The Morgan fingerprint density at radius 3 is 2.40 bits per heavy atom. The van der Waals surface area contributed by atoms with Crippen LogP contribution in [0.25, 0.3) is 0 Å². The van der Waals surface area contributed by atoms with Gasteiger partial charge < -0.3 is 15.8 Å². The van der Waals surface area contributed by atoms with Crippen molar-refractivity contribution in [2.24, 2.45) is 0 Å². The Balaban J connectivity index is 2.29. The van der Waals surface area contributed by atoms with Gasteiger partial charge in [-0.2, -0.15) is 0 Å². The normalized spacial score (nSPS) is 10.2. The molecule has 0 aliphatic rings. The van der Waals surface area contributed by atoms with Crippen LogP contribution >= 0.6 is 23.2 Å². The predicted octanol–water partition coefficient (Wildman–Crippen LogP) is 3.84. The van der Waals surface area contributed by atoms with E-state index in [9.17, 15) is 4.79 Å². The number of benzene rings is 2. The van der Waals surface area contributed by atoms with Crippen molar-refractivity contribution in [1.82, 2.24) is 0 Å². The number of rotatable bonds is 3. The van der Waals surface area contributed by atoms with E-state index in [0.717, 1.165) is 0 Å². The van der Waals surface area contributed by atoms with E-state index in [-0.39, 0.29) is 5.91 Å². The molecular weight excluding hydrogens is 299 g/mol. The Bertz CT molecular complexity index is 639. The molecule has 0 aliphatic heterocycles. The van der Waals surface area contributed by atoms with Crippen molar-refractivity contribution >= 4 is 40.5 Å². The molecule has 20 heavy (non-hydrogen) atoms. The van der Waals surface area contributed by atoms with Gasteiger partial charge in [0.05, 0.1) is 12.8 Å². The zero-order valence-corrected chi connectivity index (χ0v) is 12.1. The molecule has 0 aromatic heterocycles. The standard InChI is InChI=1S/C14H12Cl2N2O2/c1-20-13-3-2-11(17)7-12(13)18-14(19)8-4-9(15)6-10(16)5-8/h2-7H,17H2,1H3,(H,18,19). The number of carbonyl (C=O) groups is 1. The number of methoxy groups -OCH3 is 1. The molecule has 0 radical (unpaired) electrons. The number of carbonyl (C=O) groups excluding carboxylic acids is 1. The van der Waals surface area contributed by atoms with Crippen LogP contribution in [-0.4, -0.2) is 13.0 Å². The molecule has 0 saturated carbocycles. The first-order chi connectivity index (χ1) is 9.49. The van der Waals surface area contributed by atoms with Crippen molar-refractivity contribution in [1.29, 1.82) is 0 Å². The zero-order chi connectivity index (χ0) is 14.7. The molecule has 0 saturated heterocycles. The van der Waals surface area contributed by atoms with Crippen molar-refractivity contribution in [2.75, 3.05) is 18.2 Å². The third kappa shape index (κ3) is 3.35. The smallest absolute Gasteiger partial charge is 0.255 e. The summed E-state index contributed by atoms with van der Waals surface area (Å²) in [5, 5.41) is 3.49. The maximum Gasteiger partial charge on any atom is 0.255 e. The van der Waals surface area contributed by atoms with Crippen molar-refractivity contribution in [2.45, 2.75) is 0 Å². The molecule has 0 bridgehead atoms. The first-order valence-electron chi connectivity index (χ1n) is 5.70. The van der Waals surface area contributed by atoms with Crippen molar-refractivity contribution in [3.63, 3.8) is 0 Å². The Labute approximate surface area is 126 Å². The topological polar surface area (TPSA) is 64.3 Å². The first-order valence-corrected chi connectivity index (χ1v) is 6.46. The highest BCUT2D eigenvalue weighted by molar-refractivity contribution is 6.35. The van der Waals surface area contributed by atoms with Gasteiger partial charge in [0.2, 0.25) is 0 Å². The summed E-state index contributed by atoms with van der Waals surface area (Å²) in [5.41, 5.74) is 7.05. The summed E-state index contributed by atoms with van der Waals surface area (Å²) < 4.78 is 5.16. The van der Waals surface area contributed by atoms with Gasteiger partial charge >= 0.3 is 0 Å². The summed E-state index contributed by atoms with van der Waals surface area (Å²) >= 11 is 11.7. The van der Waals surface area contributed by atoms with Gasteiger partial charge in [0.15, 0.2) is 0 Å². The minimum atomic E-state index is -0.349. The van der Waals surface area contributed by atoms with Crippen LogP contribution in [0.15, 0.2) is 36.4 Å². The number of anilines is 2. The van der Waals surface area contributed by atoms with Crippen LogP contribution in [0.4, 0.5) is 11.4 Å². The van der Waals surface area contributed by atoms with E-state index in [0.29, 0.717) is 32.7 Å². The van der Waals surface area contributed by atoms with Gasteiger partial charge in [-0.15, -0.1) is 0 Å². The molecule has 6 heteroatoms. The van der Waals surface area contributed by atoms with Crippen LogP contribution in [0.3, 0.4) is 0 Å². The fourth-order valence-corrected chi connectivity index (χ4v) is 2.23. The largest absolute Gasteiger partial charge is 0.495 e. The Kier molecular flexibility index (Phi) is 4.37. The number of nitrogens with one attached hydrogen (secondary N) is 1. The van der Waals surface area contributed by atoms with E-state index in [1.807, 2.05) is 0 Å². The molecule has 2 aromatic rings. The van der Waals surface area contributed by atoms with Gasteiger partial charge in [0.25, 0.3) is 5.91 Å². The van der Waals surface area contributed by atoms with E-state index in [4.69, 9.17) is 33.7 Å². The monoisotopic (exact) mass is 310 g/mol. The molecule has 0 unspecified atom stereocenters. The number of halogens is 2. The molecule has 2 rings (SSSR count). The van der Waals surface area contributed by atoms with Crippen LogP contribution in [-0.2, 0) is 0 Å². The minimum Gasteiger partial charge on any atom is -0.495 e. The van der Waals surface area contributed by atoms with E-state index in [1.165, 1.54) is 19.2 Å². The summed E-state index contributed by atoms with van der Waals surface area (Å²) in [4.78, 5) is 12.2. The van der Waals surface area contributed by atoms with Gasteiger partial charge in [-0.05, 0) is 36.4 Å². The zero-order valence-electron chi connectivity index (χ0n) is 10.6. The van der Waals surface area contributed by atoms with E-state index >= 15 is 0 Å². The maximum absolute atomic E-state index is 12.2. The SMILES string of the molecule is COc1ccc(N)cc1NC(=O)c1cc(Cl)cc(Cl)c1. The predicted molar refractivity (Wildman–Crippen MR) is 81.8 cm³/mol. The molecule has 0 spiro atoms. The number of nitrogens with two attached hydrogens (primary N) is 1. The Morgan fingerprint density at radius 2 is 1.80 bits per heavy atom. The fourth-order valence-electron chi connectivity index (χ4n) is 1.70. The molecule has 2 aromatic carbocycles. The Morgan fingerprint density at radius 1 is 1.15 bits per heavy atom. The number of ether oxygens (including phenoxy) is 1. The first kappa shape index (κ1) is 14.5. The number of amides is 1. The quantitative estimate of drug-likeness (QED) is 0.847. The van der Waals surface area contributed by atoms with Crippen LogP contribution in [0, 0.1) is 0 Å². The third-order valence-electron chi connectivity index (χ3n) is 2.60. The van der Waals surface area contributed by atoms with E-state index < -0.39 is 0 Å². The molecule has 0 atom stereocenters. The van der Waals surface area contributed by atoms with Gasteiger partial charge in [-0.25, -0.2) is 0 Å². The molecule has 0 aliphatic carbocycles. The second-order valence-corrected chi connectivity index (χ2v) is 4.94. The number of nitrogen functional groups attached to an aromatic ring is 1. The van der Waals surface area contributed by atoms with Crippen molar-refractivity contribution < 1.29 is 9.53 Å². The van der Waals surface area contributed by atoms with Gasteiger partial charge in [-0.3, -0.25) is 4.79 Å². The van der Waals surface area contributed by atoms with Crippen molar-refractivity contribution in [3.05, 3.63) is 52.0 Å². The number of hydrogen-bond donors (Lipinski definition) is 2. The summed E-state index contributed by atoms with van der Waals surface area (Å²) in [6, 6.07) is 9.59. The summed E-state index contributed by atoms with van der Waals surface area (Å²) in [6.45, 7) is 0.